The zero-order valence-electron chi connectivity index (χ0n) is 16.0. The molecule has 0 radical (unpaired) electrons. The molecule has 0 unspecified atom stereocenters. The highest BCUT2D eigenvalue weighted by Crippen LogP contribution is 2.43. The topological polar surface area (TPSA) is 79.0 Å². The Kier molecular flexibility index (Phi) is 4.10. The molecule has 5 rings (SSSR count). The molecule has 3 aromatic rings. The van der Waals surface area contributed by atoms with Gasteiger partial charge in [0.2, 0.25) is 5.88 Å². The minimum atomic E-state index is -0.165. The van der Waals surface area contributed by atoms with Gasteiger partial charge in [0.05, 0.1) is 16.3 Å². The van der Waals surface area contributed by atoms with Crippen LogP contribution in [-0.2, 0) is 4.79 Å². The largest absolute Gasteiger partial charge is 0.474 e. The van der Waals surface area contributed by atoms with Gasteiger partial charge in [0.15, 0.2) is 0 Å². The molecule has 0 saturated carbocycles. The van der Waals surface area contributed by atoms with Crippen LogP contribution in [0.15, 0.2) is 30.6 Å². The molecule has 146 valence electrons. The number of rotatable bonds is 2. The number of aromatic nitrogens is 2. The second-order valence-corrected chi connectivity index (χ2v) is 7.68. The van der Waals surface area contributed by atoms with E-state index in [4.69, 9.17) is 16.3 Å². The molecule has 2 aromatic heterocycles. The molecule has 4 heterocycles. The molecule has 0 saturated heterocycles. The summed E-state index contributed by atoms with van der Waals surface area (Å²) < 4.78 is 5.63. The van der Waals surface area contributed by atoms with E-state index in [0.29, 0.717) is 28.8 Å². The molecule has 2 aliphatic heterocycles. The number of H-pyrrole nitrogens is 1. The van der Waals surface area contributed by atoms with Crippen LogP contribution in [0.25, 0.3) is 22.8 Å². The SMILES string of the molecule is Cc1c[nH]c(C=C2C(=O)Nc3c(Cl)cc(-c4cnc5c(c4C)NCCO5)cc32)c1. The third-order valence-electron chi connectivity index (χ3n) is 5.27. The van der Waals surface area contributed by atoms with Crippen LogP contribution < -0.4 is 15.4 Å². The van der Waals surface area contributed by atoms with Crippen molar-refractivity contribution >= 4 is 40.5 Å². The second-order valence-electron chi connectivity index (χ2n) is 7.28. The third-order valence-corrected chi connectivity index (χ3v) is 5.57. The van der Waals surface area contributed by atoms with E-state index in [-0.39, 0.29) is 5.91 Å². The Morgan fingerprint density at radius 1 is 1.17 bits per heavy atom. The van der Waals surface area contributed by atoms with Crippen molar-refractivity contribution in [3.8, 4) is 17.0 Å². The molecule has 0 fully saturated rings. The summed E-state index contributed by atoms with van der Waals surface area (Å²) in [6.07, 6.45) is 5.55. The standard InChI is InChI=1S/C22H19ClN4O2/c1-11-5-14(25-9-11)8-16-15-6-13(7-18(23)20(15)27-21(16)28)17-10-26-22-19(12(17)2)24-3-4-29-22/h5-10,24-25H,3-4H2,1-2H3,(H,27,28). The van der Waals surface area contributed by atoms with Gasteiger partial charge in [0, 0.05) is 35.8 Å². The number of carbonyl (C=O) groups excluding carboxylic acids is 1. The lowest BCUT2D eigenvalue weighted by Gasteiger charge is -2.21. The normalized spacial score (nSPS) is 16.1. The number of aryl methyl sites for hydroxylation is 1. The van der Waals surface area contributed by atoms with Gasteiger partial charge in [-0.3, -0.25) is 4.79 Å². The maximum atomic E-state index is 12.6. The number of fused-ring (bicyclic) bond motifs is 2. The van der Waals surface area contributed by atoms with Crippen molar-refractivity contribution in [1.82, 2.24) is 9.97 Å². The predicted molar refractivity (Wildman–Crippen MR) is 115 cm³/mol. The molecule has 29 heavy (non-hydrogen) atoms. The third kappa shape index (κ3) is 2.96. The lowest BCUT2D eigenvalue weighted by molar-refractivity contribution is -0.110. The van der Waals surface area contributed by atoms with Gasteiger partial charge in [0.25, 0.3) is 5.91 Å². The molecule has 0 aliphatic carbocycles. The van der Waals surface area contributed by atoms with Gasteiger partial charge in [-0.2, -0.15) is 0 Å². The molecule has 7 heteroatoms. The summed E-state index contributed by atoms with van der Waals surface area (Å²) >= 11 is 6.55. The van der Waals surface area contributed by atoms with Crippen molar-refractivity contribution in [3.63, 3.8) is 0 Å². The number of amides is 1. The molecule has 0 atom stereocenters. The summed E-state index contributed by atoms with van der Waals surface area (Å²) in [5.74, 6) is 0.450. The zero-order valence-corrected chi connectivity index (χ0v) is 16.8. The van der Waals surface area contributed by atoms with Crippen LogP contribution in [0.5, 0.6) is 5.88 Å². The second kappa shape index (κ2) is 6.67. The van der Waals surface area contributed by atoms with Crippen molar-refractivity contribution in [2.24, 2.45) is 0 Å². The van der Waals surface area contributed by atoms with Crippen LogP contribution in [0, 0.1) is 13.8 Å². The van der Waals surface area contributed by atoms with Gasteiger partial charge in [0.1, 0.15) is 12.3 Å². The maximum Gasteiger partial charge on any atom is 0.256 e. The van der Waals surface area contributed by atoms with E-state index < -0.39 is 0 Å². The Morgan fingerprint density at radius 3 is 2.83 bits per heavy atom. The fourth-order valence-corrected chi connectivity index (χ4v) is 4.09. The number of anilines is 2. The van der Waals surface area contributed by atoms with Crippen molar-refractivity contribution in [1.29, 1.82) is 0 Å². The van der Waals surface area contributed by atoms with Gasteiger partial charge in [-0.1, -0.05) is 11.6 Å². The lowest BCUT2D eigenvalue weighted by atomic mass is 9.96. The van der Waals surface area contributed by atoms with E-state index >= 15 is 0 Å². The fourth-order valence-electron chi connectivity index (χ4n) is 3.82. The van der Waals surface area contributed by atoms with Gasteiger partial charge in [-0.15, -0.1) is 0 Å². The average molecular weight is 407 g/mol. The van der Waals surface area contributed by atoms with E-state index in [1.165, 1.54) is 0 Å². The summed E-state index contributed by atoms with van der Waals surface area (Å²) in [6, 6.07) is 5.84. The monoisotopic (exact) mass is 406 g/mol. The number of nitrogens with one attached hydrogen (secondary N) is 3. The molecular formula is C22H19ClN4O2. The van der Waals surface area contributed by atoms with Crippen molar-refractivity contribution in [2.45, 2.75) is 13.8 Å². The number of halogens is 1. The number of hydrogen-bond donors (Lipinski definition) is 3. The van der Waals surface area contributed by atoms with E-state index in [0.717, 1.165) is 45.7 Å². The van der Waals surface area contributed by atoms with Gasteiger partial charge in [-0.25, -0.2) is 4.98 Å². The summed E-state index contributed by atoms with van der Waals surface area (Å²) in [6.45, 7) is 5.37. The first-order valence-electron chi connectivity index (χ1n) is 9.40. The molecular weight excluding hydrogens is 388 g/mol. The van der Waals surface area contributed by atoms with E-state index in [1.54, 1.807) is 6.20 Å². The smallest absolute Gasteiger partial charge is 0.256 e. The first kappa shape index (κ1) is 17.8. The summed E-state index contributed by atoms with van der Waals surface area (Å²) in [5, 5.41) is 6.74. The highest BCUT2D eigenvalue weighted by Gasteiger charge is 2.28. The summed E-state index contributed by atoms with van der Waals surface area (Å²) in [5.41, 5.74) is 7.76. The molecule has 3 N–H and O–H groups in total. The molecule has 1 amide bonds. The molecule has 2 aliphatic rings. The van der Waals surface area contributed by atoms with E-state index in [1.807, 2.05) is 44.3 Å². The number of aromatic amines is 1. The Labute approximate surface area is 173 Å². The average Bonchev–Trinajstić information content (AvgIpc) is 3.26. The fraction of sp³-hybridized carbons (Fsp3) is 0.182. The number of hydrogen-bond acceptors (Lipinski definition) is 4. The first-order chi connectivity index (χ1) is 14.0. The highest BCUT2D eigenvalue weighted by atomic mass is 35.5. The Hall–Kier alpha value is -3.25. The van der Waals surface area contributed by atoms with Crippen LogP contribution in [0.1, 0.15) is 22.4 Å². The van der Waals surface area contributed by atoms with Crippen LogP contribution in [0.4, 0.5) is 11.4 Å². The number of carbonyl (C=O) groups is 1. The lowest BCUT2D eigenvalue weighted by Crippen LogP contribution is -2.20. The molecule has 0 spiro atoms. The van der Waals surface area contributed by atoms with Gasteiger partial charge in [-0.05, 0) is 54.8 Å². The van der Waals surface area contributed by atoms with Crippen molar-refractivity contribution in [3.05, 3.63) is 58.0 Å². The van der Waals surface area contributed by atoms with Crippen LogP contribution >= 0.6 is 11.6 Å². The van der Waals surface area contributed by atoms with Crippen LogP contribution in [-0.4, -0.2) is 29.0 Å². The molecule has 1 aromatic carbocycles. The zero-order chi connectivity index (χ0) is 20.1. The quantitative estimate of drug-likeness (QED) is 0.541. The van der Waals surface area contributed by atoms with E-state index in [2.05, 4.69) is 20.6 Å². The van der Waals surface area contributed by atoms with Crippen LogP contribution in [0.2, 0.25) is 5.02 Å². The van der Waals surface area contributed by atoms with E-state index in [9.17, 15) is 4.79 Å². The molecule has 0 bridgehead atoms. The van der Waals surface area contributed by atoms with Crippen LogP contribution in [0.3, 0.4) is 0 Å². The number of ether oxygens (including phenoxy) is 1. The first-order valence-corrected chi connectivity index (χ1v) is 9.77. The highest BCUT2D eigenvalue weighted by molar-refractivity contribution is 6.41. The number of nitrogens with zero attached hydrogens (tertiary/aromatic N) is 1. The minimum absolute atomic E-state index is 0.165. The minimum Gasteiger partial charge on any atom is -0.474 e. The Bertz CT molecular complexity index is 1200. The Balaban J connectivity index is 1.65. The van der Waals surface area contributed by atoms with Crippen molar-refractivity contribution < 1.29 is 9.53 Å². The number of benzene rings is 1. The number of pyridine rings is 1. The van der Waals surface area contributed by atoms with Gasteiger partial charge >= 0.3 is 0 Å². The molecule has 6 nitrogen and oxygen atoms in total. The summed E-state index contributed by atoms with van der Waals surface area (Å²) in [7, 11) is 0. The maximum absolute atomic E-state index is 12.6. The predicted octanol–water partition coefficient (Wildman–Crippen LogP) is 4.64. The summed E-state index contributed by atoms with van der Waals surface area (Å²) in [4.78, 5) is 20.2. The van der Waals surface area contributed by atoms with Crippen molar-refractivity contribution in [2.75, 3.05) is 23.8 Å². The van der Waals surface area contributed by atoms with Gasteiger partial charge < -0.3 is 20.4 Å². The Morgan fingerprint density at radius 2 is 2.03 bits per heavy atom.